The number of carbonyl (C=O) groups excluding carboxylic acids is 1. The Balaban J connectivity index is 2.39. The lowest BCUT2D eigenvalue weighted by Gasteiger charge is -2.32. The Hall–Kier alpha value is -1.19. The molecule has 2 atom stereocenters. The van der Waals surface area contributed by atoms with Gasteiger partial charge < -0.3 is 5.32 Å². The van der Waals surface area contributed by atoms with Gasteiger partial charge >= 0.3 is 0 Å². The van der Waals surface area contributed by atoms with Crippen molar-refractivity contribution in [1.82, 2.24) is 5.32 Å². The molecule has 0 aliphatic heterocycles. The molecule has 2 aliphatic carbocycles. The summed E-state index contributed by atoms with van der Waals surface area (Å²) in [6, 6.07) is 0. The van der Waals surface area contributed by atoms with Gasteiger partial charge in [-0.25, -0.2) is 8.78 Å². The fourth-order valence-electron chi connectivity index (χ4n) is 3.30. The summed E-state index contributed by atoms with van der Waals surface area (Å²) in [5.41, 5.74) is 1.14. The summed E-state index contributed by atoms with van der Waals surface area (Å²) in [7, 11) is 0. The predicted octanol–water partition coefficient (Wildman–Crippen LogP) is 3.31. The first kappa shape index (κ1) is 14.2. The molecule has 1 fully saturated rings. The van der Waals surface area contributed by atoms with Crippen molar-refractivity contribution in [2.45, 2.75) is 40.5 Å². The predicted molar refractivity (Wildman–Crippen MR) is 70.8 cm³/mol. The number of halogens is 2. The molecule has 2 nitrogen and oxygen atoms in total. The number of hydrogen-bond acceptors (Lipinski definition) is 2. The van der Waals surface area contributed by atoms with Gasteiger partial charge in [-0.2, -0.15) is 0 Å². The van der Waals surface area contributed by atoms with Gasteiger partial charge in [0.2, 0.25) is 0 Å². The molecular weight excluding hydrogens is 248 g/mol. The van der Waals surface area contributed by atoms with E-state index >= 15 is 0 Å². The van der Waals surface area contributed by atoms with Gasteiger partial charge in [0.25, 0.3) is 6.43 Å². The second kappa shape index (κ2) is 4.15. The van der Waals surface area contributed by atoms with E-state index in [-0.39, 0.29) is 34.6 Å². The Morgan fingerprint density at radius 1 is 1.47 bits per heavy atom. The lowest BCUT2D eigenvalue weighted by molar-refractivity contribution is -0.116. The van der Waals surface area contributed by atoms with Gasteiger partial charge in [-0.1, -0.05) is 27.4 Å². The summed E-state index contributed by atoms with van der Waals surface area (Å²) in [4.78, 5) is 11.1. The van der Waals surface area contributed by atoms with Crippen molar-refractivity contribution in [2.24, 2.45) is 16.7 Å². The number of carbonyl (C=O) groups is 1. The highest BCUT2D eigenvalue weighted by atomic mass is 19.3. The molecule has 0 aromatic rings. The van der Waals surface area contributed by atoms with E-state index in [9.17, 15) is 13.6 Å². The van der Waals surface area contributed by atoms with Crippen LogP contribution in [-0.4, -0.2) is 18.8 Å². The number of allylic oxidation sites excluding steroid dienone is 3. The standard InChI is InChI=1S/C15H21F2NO/c1-8(19)7-18-12-11(9(2)13(16)17)10-6-15(10,5)14(12,3)4/h10,13,18H,2,6-7H2,1,3-5H3/t10-,15-/m1/s1. The van der Waals surface area contributed by atoms with Gasteiger partial charge in [0.1, 0.15) is 5.78 Å². The van der Waals surface area contributed by atoms with Crippen molar-refractivity contribution in [3.8, 4) is 0 Å². The number of fused-ring (bicyclic) bond motifs is 1. The molecule has 2 aliphatic rings. The molecule has 0 spiro atoms. The van der Waals surface area contributed by atoms with Crippen LogP contribution in [0.4, 0.5) is 8.78 Å². The maximum atomic E-state index is 13.0. The summed E-state index contributed by atoms with van der Waals surface area (Å²) >= 11 is 0. The number of Topliss-reactive ketones (excluding diaryl/α,β-unsaturated/α-hetero) is 1. The lowest BCUT2D eigenvalue weighted by Crippen LogP contribution is -2.34. The minimum Gasteiger partial charge on any atom is -0.381 e. The summed E-state index contributed by atoms with van der Waals surface area (Å²) < 4.78 is 26.0. The van der Waals surface area contributed by atoms with Crippen molar-refractivity contribution < 1.29 is 13.6 Å². The van der Waals surface area contributed by atoms with Crippen LogP contribution in [0.5, 0.6) is 0 Å². The Morgan fingerprint density at radius 2 is 2.05 bits per heavy atom. The molecule has 0 amide bonds. The van der Waals surface area contributed by atoms with Crippen molar-refractivity contribution in [3.05, 3.63) is 23.4 Å². The number of nitrogens with one attached hydrogen (secondary N) is 1. The molecule has 4 heteroatoms. The van der Waals surface area contributed by atoms with Gasteiger partial charge in [-0.15, -0.1) is 0 Å². The molecule has 0 heterocycles. The topological polar surface area (TPSA) is 29.1 Å². The summed E-state index contributed by atoms with van der Waals surface area (Å²) in [6.07, 6.45) is -1.62. The minimum absolute atomic E-state index is 0.00367. The van der Waals surface area contributed by atoms with Gasteiger partial charge in [0.15, 0.2) is 0 Å². The Labute approximate surface area is 113 Å². The molecule has 1 saturated carbocycles. The first-order valence-electron chi connectivity index (χ1n) is 6.58. The third-order valence-corrected chi connectivity index (χ3v) is 5.03. The van der Waals surface area contributed by atoms with Crippen LogP contribution in [0.1, 0.15) is 34.1 Å². The Bertz CT molecular complexity index is 479. The second-order valence-electron chi connectivity index (χ2n) is 6.47. The Morgan fingerprint density at radius 3 is 2.53 bits per heavy atom. The van der Waals surface area contributed by atoms with Crippen LogP contribution in [0.15, 0.2) is 23.4 Å². The number of hydrogen-bond donors (Lipinski definition) is 1. The van der Waals surface area contributed by atoms with Crippen LogP contribution in [0.3, 0.4) is 0 Å². The normalized spacial score (nSPS) is 31.4. The monoisotopic (exact) mass is 269 g/mol. The van der Waals surface area contributed by atoms with E-state index in [1.165, 1.54) is 6.92 Å². The molecular formula is C15H21F2NO. The molecule has 0 saturated heterocycles. The van der Waals surface area contributed by atoms with Crippen LogP contribution >= 0.6 is 0 Å². The van der Waals surface area contributed by atoms with Gasteiger partial charge in [0, 0.05) is 16.7 Å². The smallest absolute Gasteiger partial charge is 0.263 e. The third-order valence-electron chi connectivity index (χ3n) is 5.03. The molecule has 106 valence electrons. The fraction of sp³-hybridized carbons (Fsp3) is 0.667. The Kier molecular flexibility index (Phi) is 3.11. The third kappa shape index (κ3) is 1.92. The largest absolute Gasteiger partial charge is 0.381 e. The van der Waals surface area contributed by atoms with Crippen LogP contribution in [0.2, 0.25) is 0 Å². The fourth-order valence-corrected chi connectivity index (χ4v) is 3.30. The van der Waals surface area contributed by atoms with Crippen molar-refractivity contribution in [2.75, 3.05) is 6.54 Å². The van der Waals surface area contributed by atoms with E-state index in [4.69, 9.17) is 0 Å². The lowest BCUT2D eigenvalue weighted by atomic mass is 9.76. The zero-order valence-corrected chi connectivity index (χ0v) is 11.9. The van der Waals surface area contributed by atoms with Crippen LogP contribution < -0.4 is 5.32 Å². The van der Waals surface area contributed by atoms with Gasteiger partial charge in [-0.05, 0) is 30.3 Å². The molecule has 0 aromatic heterocycles. The van der Waals surface area contributed by atoms with Gasteiger partial charge in [-0.3, -0.25) is 4.79 Å². The first-order chi connectivity index (χ1) is 8.63. The summed E-state index contributed by atoms with van der Waals surface area (Å²) in [5, 5.41) is 3.08. The van der Waals surface area contributed by atoms with Gasteiger partial charge in [0.05, 0.1) is 6.54 Å². The zero-order chi connectivity index (χ0) is 14.6. The van der Waals surface area contributed by atoms with Crippen molar-refractivity contribution in [3.63, 3.8) is 0 Å². The average Bonchev–Trinajstić information content (AvgIpc) is 2.92. The van der Waals surface area contributed by atoms with Crippen LogP contribution in [0, 0.1) is 16.7 Å². The highest BCUT2D eigenvalue weighted by Crippen LogP contribution is 2.74. The molecule has 0 radical (unpaired) electrons. The van der Waals surface area contributed by atoms with E-state index in [1.807, 2.05) is 0 Å². The van der Waals surface area contributed by atoms with Crippen LogP contribution in [-0.2, 0) is 4.79 Å². The molecule has 0 unspecified atom stereocenters. The quantitative estimate of drug-likeness (QED) is 0.829. The minimum atomic E-state index is -2.54. The molecule has 2 rings (SSSR count). The van der Waals surface area contributed by atoms with E-state index in [1.54, 1.807) is 0 Å². The number of ketones is 1. The second-order valence-corrected chi connectivity index (χ2v) is 6.47. The van der Waals surface area contributed by atoms with E-state index in [0.29, 0.717) is 5.57 Å². The van der Waals surface area contributed by atoms with E-state index in [2.05, 4.69) is 32.7 Å². The highest BCUT2D eigenvalue weighted by Gasteiger charge is 2.67. The van der Waals surface area contributed by atoms with Crippen LogP contribution in [0.25, 0.3) is 0 Å². The zero-order valence-electron chi connectivity index (χ0n) is 11.9. The molecule has 0 bridgehead atoms. The molecule has 0 aromatic carbocycles. The molecule has 1 N–H and O–H groups in total. The highest BCUT2D eigenvalue weighted by molar-refractivity contribution is 5.78. The number of rotatable bonds is 5. The van der Waals surface area contributed by atoms with Crippen molar-refractivity contribution in [1.29, 1.82) is 0 Å². The van der Waals surface area contributed by atoms with Crippen molar-refractivity contribution >= 4 is 5.78 Å². The average molecular weight is 269 g/mol. The first-order valence-corrected chi connectivity index (χ1v) is 6.58. The number of alkyl halides is 2. The summed E-state index contributed by atoms with van der Waals surface area (Å²) in [5.74, 6) is 0.148. The maximum Gasteiger partial charge on any atom is 0.263 e. The van der Waals surface area contributed by atoms with E-state index < -0.39 is 6.43 Å². The summed E-state index contributed by atoms with van der Waals surface area (Å²) in [6.45, 7) is 11.5. The SMILES string of the molecule is C=C(C1=C(NCC(C)=O)C(C)(C)[C@]2(C)C[C@H]12)C(F)F. The van der Waals surface area contributed by atoms with E-state index in [0.717, 1.165) is 12.1 Å². The maximum absolute atomic E-state index is 13.0. The molecule has 19 heavy (non-hydrogen) atoms.